The molecule has 1 aliphatic carbocycles. The minimum atomic E-state index is -0.490. The number of Topliss-reactive ketones (excluding diaryl/α,β-unsaturated/α-hetero) is 1. The number of hydrogen-bond acceptors (Lipinski definition) is 3. The Morgan fingerprint density at radius 3 is 2.65 bits per heavy atom. The zero-order valence-corrected chi connectivity index (χ0v) is 20.3. The summed E-state index contributed by atoms with van der Waals surface area (Å²) in [4.78, 5) is 16.2. The Labute approximate surface area is 201 Å². The van der Waals surface area contributed by atoms with Crippen molar-refractivity contribution in [1.82, 2.24) is 4.90 Å². The van der Waals surface area contributed by atoms with E-state index in [1.54, 1.807) is 6.07 Å². The van der Waals surface area contributed by atoms with Crippen LogP contribution in [0.15, 0.2) is 59.0 Å². The smallest absolute Gasteiger partial charge is 0.146 e. The quantitative estimate of drug-likeness (QED) is 0.379. The Hall–Kier alpha value is -2.72. The summed E-state index contributed by atoms with van der Waals surface area (Å²) in [5, 5.41) is 0.807. The molecule has 1 aliphatic heterocycles. The van der Waals surface area contributed by atoms with Crippen LogP contribution in [0.4, 0.5) is 4.39 Å². The van der Waals surface area contributed by atoms with Crippen LogP contribution < -0.4 is 0 Å². The molecule has 0 N–H and O–H groups in total. The van der Waals surface area contributed by atoms with Crippen LogP contribution in [-0.4, -0.2) is 30.3 Å². The second kappa shape index (κ2) is 9.50. The Morgan fingerprint density at radius 1 is 1.12 bits per heavy atom. The molecule has 5 rings (SSSR count). The third kappa shape index (κ3) is 4.48. The van der Waals surface area contributed by atoms with E-state index in [0.29, 0.717) is 5.78 Å². The molecule has 0 bridgehead atoms. The average molecular weight is 460 g/mol. The lowest BCUT2D eigenvalue weighted by molar-refractivity contribution is -0.129. The lowest BCUT2D eigenvalue weighted by Crippen LogP contribution is -2.41. The Bertz CT molecular complexity index is 1210. The van der Waals surface area contributed by atoms with Gasteiger partial charge in [0.15, 0.2) is 0 Å². The number of nitrogens with zero attached hydrogens (tertiary/aromatic N) is 1. The summed E-state index contributed by atoms with van der Waals surface area (Å²) in [7, 11) is 0. The first-order chi connectivity index (χ1) is 16.4. The average Bonchev–Trinajstić information content (AvgIpc) is 3.48. The van der Waals surface area contributed by atoms with Gasteiger partial charge in [-0.25, -0.2) is 4.39 Å². The van der Waals surface area contributed by atoms with Crippen LogP contribution in [0.5, 0.6) is 0 Å². The molecule has 0 amide bonds. The summed E-state index contributed by atoms with van der Waals surface area (Å²) >= 11 is 0. The minimum Gasteiger partial charge on any atom is -0.461 e. The highest BCUT2D eigenvalue weighted by Gasteiger charge is 2.39. The largest absolute Gasteiger partial charge is 0.461 e. The number of carbonyl (C=O) groups is 1. The molecular weight excluding hydrogens is 425 g/mol. The van der Waals surface area contributed by atoms with Crippen molar-refractivity contribution in [3.63, 3.8) is 0 Å². The highest BCUT2D eigenvalue weighted by atomic mass is 19.1. The molecule has 2 aromatic carbocycles. The zero-order valence-electron chi connectivity index (χ0n) is 20.3. The third-order valence-electron chi connectivity index (χ3n) is 7.90. The summed E-state index contributed by atoms with van der Waals surface area (Å²) in [6, 6.07) is 15.3. The predicted molar refractivity (Wildman–Crippen MR) is 135 cm³/mol. The van der Waals surface area contributed by atoms with E-state index < -0.39 is 5.41 Å². The highest BCUT2D eigenvalue weighted by molar-refractivity contribution is 5.92. The monoisotopic (exact) mass is 459 g/mol. The number of hydrogen-bond donors (Lipinski definition) is 0. The molecule has 1 unspecified atom stereocenters. The molecule has 4 heteroatoms. The van der Waals surface area contributed by atoms with E-state index in [4.69, 9.17) is 4.42 Å². The van der Waals surface area contributed by atoms with Crippen molar-refractivity contribution in [2.75, 3.05) is 19.6 Å². The topological polar surface area (TPSA) is 33.5 Å². The van der Waals surface area contributed by atoms with Crippen molar-refractivity contribution < 1.29 is 13.6 Å². The van der Waals surface area contributed by atoms with Crippen molar-refractivity contribution in [2.45, 2.75) is 57.8 Å². The van der Waals surface area contributed by atoms with E-state index in [9.17, 15) is 9.18 Å². The minimum absolute atomic E-state index is 0.175. The van der Waals surface area contributed by atoms with E-state index >= 15 is 0 Å². The lowest BCUT2D eigenvalue weighted by Gasteiger charge is -2.35. The Kier molecular flexibility index (Phi) is 6.44. The number of furan rings is 1. The van der Waals surface area contributed by atoms with Crippen molar-refractivity contribution in [3.05, 3.63) is 77.3 Å². The fourth-order valence-corrected chi connectivity index (χ4v) is 5.87. The summed E-state index contributed by atoms with van der Waals surface area (Å²) < 4.78 is 20.2. The predicted octanol–water partition coefficient (Wildman–Crippen LogP) is 7.08. The molecule has 2 heterocycles. The fourth-order valence-electron chi connectivity index (χ4n) is 5.87. The lowest BCUT2D eigenvalue weighted by atomic mass is 9.69. The summed E-state index contributed by atoms with van der Waals surface area (Å²) in [5.41, 5.74) is 3.33. The number of carbonyl (C=O) groups excluding carboxylic acids is 1. The van der Waals surface area contributed by atoms with E-state index in [1.807, 2.05) is 31.2 Å². The summed E-state index contributed by atoms with van der Waals surface area (Å²) in [6.07, 6.45) is 8.57. The molecule has 1 fully saturated rings. The fraction of sp³-hybridized carbons (Fsp3) is 0.433. The molecule has 1 atom stereocenters. The number of benzene rings is 2. The van der Waals surface area contributed by atoms with Gasteiger partial charge < -0.3 is 4.42 Å². The van der Waals surface area contributed by atoms with Crippen LogP contribution in [0.25, 0.3) is 16.5 Å². The van der Waals surface area contributed by atoms with Gasteiger partial charge in [0.05, 0.1) is 5.41 Å². The van der Waals surface area contributed by atoms with Crippen LogP contribution >= 0.6 is 0 Å². The molecule has 3 nitrogen and oxygen atoms in total. The maximum absolute atomic E-state index is 14.3. The molecule has 3 aromatic rings. The van der Waals surface area contributed by atoms with Gasteiger partial charge in [0.25, 0.3) is 0 Å². The van der Waals surface area contributed by atoms with Crippen molar-refractivity contribution in [2.24, 2.45) is 5.92 Å². The van der Waals surface area contributed by atoms with Crippen LogP contribution in [0.1, 0.15) is 62.3 Å². The molecule has 0 spiro atoms. The van der Waals surface area contributed by atoms with Gasteiger partial charge in [-0.15, -0.1) is 0 Å². The molecule has 34 heavy (non-hydrogen) atoms. The number of halogens is 1. The Balaban J connectivity index is 1.33. The number of aryl methyl sites for hydroxylation is 1. The maximum atomic E-state index is 14.3. The molecule has 0 radical (unpaired) electrons. The van der Waals surface area contributed by atoms with E-state index in [2.05, 4.69) is 30.0 Å². The van der Waals surface area contributed by atoms with Gasteiger partial charge in [0.1, 0.15) is 22.9 Å². The van der Waals surface area contributed by atoms with Gasteiger partial charge in [-0.05, 0) is 62.4 Å². The molecule has 1 saturated carbocycles. The van der Waals surface area contributed by atoms with Gasteiger partial charge in [0.2, 0.25) is 0 Å². The number of rotatable bonds is 7. The van der Waals surface area contributed by atoms with Crippen molar-refractivity contribution in [1.29, 1.82) is 0 Å². The zero-order chi connectivity index (χ0) is 23.7. The second-order valence-electron chi connectivity index (χ2n) is 10.3. The molecule has 178 valence electrons. The number of ketones is 1. The SMILES string of the molecule is Cc1cc2cc(F)cc(C3=CCN(CCC(C)(C(=O)C4CCCCC4)c4ccccc4)C3)c2o1. The number of fused-ring (bicyclic) bond motifs is 1. The van der Waals surface area contributed by atoms with Gasteiger partial charge >= 0.3 is 0 Å². The summed E-state index contributed by atoms with van der Waals surface area (Å²) in [6.45, 7) is 6.39. The van der Waals surface area contributed by atoms with Crippen molar-refractivity contribution in [3.8, 4) is 0 Å². The van der Waals surface area contributed by atoms with Gasteiger partial charge in [0, 0.05) is 36.5 Å². The normalized spacial score (nSPS) is 19.3. The molecule has 2 aliphatic rings. The highest BCUT2D eigenvalue weighted by Crippen LogP contribution is 2.38. The van der Waals surface area contributed by atoms with Crippen LogP contribution in [0, 0.1) is 18.7 Å². The van der Waals surface area contributed by atoms with Crippen molar-refractivity contribution >= 4 is 22.3 Å². The van der Waals surface area contributed by atoms with Crippen LogP contribution in [0.3, 0.4) is 0 Å². The second-order valence-corrected chi connectivity index (χ2v) is 10.3. The molecule has 0 saturated heterocycles. The van der Waals surface area contributed by atoms with E-state index in [1.165, 1.54) is 12.5 Å². The van der Waals surface area contributed by atoms with Gasteiger partial charge in [-0.1, -0.05) is 55.7 Å². The van der Waals surface area contributed by atoms with Crippen LogP contribution in [-0.2, 0) is 10.2 Å². The molecule has 1 aromatic heterocycles. The van der Waals surface area contributed by atoms with E-state index in [0.717, 1.165) is 85.2 Å². The summed E-state index contributed by atoms with van der Waals surface area (Å²) in [5.74, 6) is 1.13. The van der Waals surface area contributed by atoms with E-state index in [-0.39, 0.29) is 11.7 Å². The van der Waals surface area contributed by atoms with Gasteiger partial charge in [-0.2, -0.15) is 0 Å². The third-order valence-corrected chi connectivity index (χ3v) is 7.90. The first kappa shape index (κ1) is 23.0. The first-order valence-corrected chi connectivity index (χ1v) is 12.7. The standard InChI is InChI=1S/C30H34FNO2/c1-21-17-24-18-26(31)19-27(28(24)34-21)23-13-15-32(20-23)16-14-30(2,25-11-7-4-8-12-25)29(33)22-9-5-3-6-10-22/h4,7-8,11-13,17-19,22H,3,5-6,9-10,14-16,20H2,1-2H3. The Morgan fingerprint density at radius 2 is 1.88 bits per heavy atom. The molecular formula is C30H34FNO2. The van der Waals surface area contributed by atoms with Crippen LogP contribution in [0.2, 0.25) is 0 Å². The van der Waals surface area contributed by atoms with Gasteiger partial charge in [-0.3, -0.25) is 9.69 Å². The maximum Gasteiger partial charge on any atom is 0.146 e. The first-order valence-electron chi connectivity index (χ1n) is 12.7.